The van der Waals surface area contributed by atoms with Crippen LogP contribution in [0.25, 0.3) is 0 Å². The van der Waals surface area contributed by atoms with E-state index in [0.29, 0.717) is 16.1 Å². The van der Waals surface area contributed by atoms with E-state index in [4.69, 9.17) is 21.6 Å². The fourth-order valence-corrected chi connectivity index (χ4v) is 3.57. The van der Waals surface area contributed by atoms with Crippen LogP contribution in [-0.4, -0.2) is 31.6 Å². The van der Waals surface area contributed by atoms with Gasteiger partial charge in [0.2, 0.25) is 10.0 Å². The molecule has 7 nitrogen and oxygen atoms in total. The Bertz CT molecular complexity index is 952. The lowest BCUT2D eigenvalue weighted by Crippen LogP contribution is -2.48. The number of halogens is 1. The molecule has 0 aliphatic heterocycles. The Labute approximate surface area is 162 Å². The lowest BCUT2D eigenvalue weighted by atomic mass is 10.1. The van der Waals surface area contributed by atoms with Gasteiger partial charge >= 0.3 is 5.97 Å². The van der Waals surface area contributed by atoms with Gasteiger partial charge in [0.1, 0.15) is 12.6 Å². The number of nitrogens with zero attached hydrogens (tertiary/aromatic N) is 1. The quantitative estimate of drug-likeness (QED) is 0.676. The molecule has 0 fully saturated rings. The predicted molar refractivity (Wildman–Crippen MR) is 98.2 cm³/mol. The normalized spacial score (nSPS) is 13.4. The molecule has 9 heteroatoms. The number of hydrogen-bond donors (Lipinski definition) is 2. The van der Waals surface area contributed by atoms with Gasteiger partial charge in [-0.15, -0.1) is 0 Å². The van der Waals surface area contributed by atoms with E-state index in [0.717, 1.165) is 0 Å². The molecule has 2 aromatic carbocycles. The monoisotopic (exact) mass is 408 g/mol. The first kappa shape index (κ1) is 20.9. The third-order valence-electron chi connectivity index (χ3n) is 3.65. The lowest BCUT2D eigenvalue weighted by Gasteiger charge is -2.20. The third kappa shape index (κ3) is 5.52. The van der Waals surface area contributed by atoms with Crippen LogP contribution in [0.1, 0.15) is 18.1 Å². The summed E-state index contributed by atoms with van der Waals surface area (Å²) in [4.78, 5) is 12.2. The Hall–Kier alpha value is -2.44. The molecule has 2 rings (SSSR count). The van der Waals surface area contributed by atoms with Crippen LogP contribution < -0.4 is 4.72 Å². The second kappa shape index (κ2) is 8.97. The molecule has 0 aliphatic rings. The highest BCUT2D eigenvalue weighted by Gasteiger charge is 2.31. The topological polar surface area (TPSA) is 116 Å². The second-order valence-corrected chi connectivity index (χ2v) is 7.82. The maximum atomic E-state index is 12.4. The number of carbonyl (C=O) groups is 1. The molecule has 2 atom stereocenters. The number of aliphatic hydroxyl groups excluding tert-OH is 1. The van der Waals surface area contributed by atoms with Crippen molar-refractivity contribution in [2.45, 2.75) is 30.6 Å². The van der Waals surface area contributed by atoms with Crippen molar-refractivity contribution in [3.8, 4) is 6.07 Å². The summed E-state index contributed by atoms with van der Waals surface area (Å²) < 4.78 is 32.1. The standard InChI is InChI=1S/C18H17ClN2O5S/c1-12(22)17(21-27(24,25)16-8-6-15(19)7-9-16)18(23)26-11-14-5-3-2-4-13(14)10-20/h2-9,12,17,21-22H,11H2,1H3/t12-,17+/m1/s1. The van der Waals surface area contributed by atoms with Gasteiger partial charge in [-0.1, -0.05) is 29.8 Å². The maximum Gasteiger partial charge on any atom is 0.327 e. The first-order valence-corrected chi connectivity index (χ1v) is 9.71. The summed E-state index contributed by atoms with van der Waals surface area (Å²) in [6, 6.07) is 12.3. The van der Waals surface area contributed by atoms with Crippen molar-refractivity contribution in [1.29, 1.82) is 5.26 Å². The first-order valence-electron chi connectivity index (χ1n) is 7.85. The zero-order chi connectivity index (χ0) is 20.0. The van der Waals surface area contributed by atoms with Crippen LogP contribution in [0.2, 0.25) is 5.02 Å². The van der Waals surface area contributed by atoms with Crippen LogP contribution in [-0.2, 0) is 26.2 Å². The fraction of sp³-hybridized carbons (Fsp3) is 0.222. The summed E-state index contributed by atoms with van der Waals surface area (Å²) in [5.74, 6) is -0.963. The van der Waals surface area contributed by atoms with Crippen LogP contribution in [0.5, 0.6) is 0 Å². The molecule has 0 amide bonds. The summed E-state index contributed by atoms with van der Waals surface area (Å²) in [5, 5.41) is 19.2. The van der Waals surface area contributed by atoms with E-state index in [1.807, 2.05) is 6.07 Å². The molecule has 0 aliphatic carbocycles. The van der Waals surface area contributed by atoms with Crippen molar-refractivity contribution in [3.05, 3.63) is 64.7 Å². The number of benzene rings is 2. The molecule has 27 heavy (non-hydrogen) atoms. The molecule has 2 N–H and O–H groups in total. The molecule has 0 saturated carbocycles. The number of rotatable bonds is 7. The molecule has 0 radical (unpaired) electrons. The van der Waals surface area contributed by atoms with Gasteiger partial charge in [0.05, 0.1) is 22.6 Å². The number of nitriles is 1. The second-order valence-electron chi connectivity index (χ2n) is 5.67. The van der Waals surface area contributed by atoms with Crippen molar-refractivity contribution >= 4 is 27.6 Å². The summed E-state index contributed by atoms with van der Waals surface area (Å²) >= 11 is 5.74. The van der Waals surface area contributed by atoms with Crippen molar-refractivity contribution in [1.82, 2.24) is 4.72 Å². The summed E-state index contributed by atoms with van der Waals surface area (Å²) in [6.07, 6.45) is -1.34. The minimum Gasteiger partial charge on any atom is -0.460 e. The Morgan fingerprint density at radius 1 is 1.26 bits per heavy atom. The lowest BCUT2D eigenvalue weighted by molar-refractivity contribution is -0.149. The van der Waals surface area contributed by atoms with Crippen LogP contribution in [0.15, 0.2) is 53.4 Å². The molecule has 2 aromatic rings. The molecular weight excluding hydrogens is 392 g/mol. The Morgan fingerprint density at radius 3 is 2.48 bits per heavy atom. The molecular formula is C18H17ClN2O5S. The molecule has 0 spiro atoms. The minimum absolute atomic E-state index is 0.111. The smallest absolute Gasteiger partial charge is 0.327 e. The highest BCUT2D eigenvalue weighted by atomic mass is 35.5. The van der Waals surface area contributed by atoms with Gasteiger partial charge in [-0.2, -0.15) is 9.98 Å². The molecule has 0 unspecified atom stereocenters. The molecule has 0 saturated heterocycles. The van der Waals surface area contributed by atoms with Crippen LogP contribution in [0, 0.1) is 11.3 Å². The van der Waals surface area contributed by atoms with Gasteiger partial charge in [-0.3, -0.25) is 4.79 Å². The summed E-state index contributed by atoms with van der Waals surface area (Å²) in [5.41, 5.74) is 0.805. The third-order valence-corrected chi connectivity index (χ3v) is 5.36. The number of carbonyl (C=O) groups excluding carboxylic acids is 1. The predicted octanol–water partition coefficient (Wildman–Crippen LogP) is 1.98. The van der Waals surface area contributed by atoms with Crippen LogP contribution >= 0.6 is 11.6 Å². The van der Waals surface area contributed by atoms with Crippen molar-refractivity contribution in [2.24, 2.45) is 0 Å². The van der Waals surface area contributed by atoms with E-state index >= 15 is 0 Å². The van der Waals surface area contributed by atoms with Crippen LogP contribution in [0.4, 0.5) is 0 Å². The Kier molecular flexibility index (Phi) is 6.93. The van der Waals surface area contributed by atoms with E-state index in [1.165, 1.54) is 31.2 Å². The summed E-state index contributed by atoms with van der Waals surface area (Å²) in [6.45, 7) is 1.04. The van der Waals surface area contributed by atoms with Crippen molar-refractivity contribution < 1.29 is 23.1 Å². The van der Waals surface area contributed by atoms with Gasteiger partial charge in [-0.25, -0.2) is 8.42 Å². The summed E-state index contributed by atoms with van der Waals surface area (Å²) in [7, 11) is -4.08. The van der Waals surface area contributed by atoms with E-state index in [2.05, 4.69) is 4.72 Å². The highest BCUT2D eigenvalue weighted by molar-refractivity contribution is 7.89. The van der Waals surface area contributed by atoms with Crippen LogP contribution in [0.3, 0.4) is 0 Å². The largest absolute Gasteiger partial charge is 0.460 e. The maximum absolute atomic E-state index is 12.4. The molecule has 0 bridgehead atoms. The van der Waals surface area contributed by atoms with Gasteiger partial charge in [-0.05, 0) is 37.3 Å². The van der Waals surface area contributed by atoms with E-state index in [1.54, 1.807) is 24.3 Å². The van der Waals surface area contributed by atoms with E-state index in [-0.39, 0.29) is 11.5 Å². The average molecular weight is 409 g/mol. The fourth-order valence-electron chi connectivity index (χ4n) is 2.19. The van der Waals surface area contributed by atoms with Gasteiger partial charge in [0, 0.05) is 10.6 Å². The number of esters is 1. The van der Waals surface area contributed by atoms with Gasteiger partial charge in [0.25, 0.3) is 0 Å². The first-order chi connectivity index (χ1) is 12.7. The number of sulfonamides is 1. The molecule has 0 aromatic heterocycles. The average Bonchev–Trinajstić information content (AvgIpc) is 2.64. The molecule has 142 valence electrons. The zero-order valence-corrected chi connectivity index (χ0v) is 15.9. The van der Waals surface area contributed by atoms with E-state index in [9.17, 15) is 18.3 Å². The Balaban J connectivity index is 2.13. The number of aliphatic hydroxyl groups is 1. The zero-order valence-electron chi connectivity index (χ0n) is 14.3. The molecule has 0 heterocycles. The highest BCUT2D eigenvalue weighted by Crippen LogP contribution is 2.15. The SMILES string of the molecule is C[C@@H](O)[C@H](NS(=O)(=O)c1ccc(Cl)cc1)C(=O)OCc1ccccc1C#N. The minimum atomic E-state index is -4.08. The van der Waals surface area contributed by atoms with Gasteiger partial charge < -0.3 is 9.84 Å². The number of nitrogens with one attached hydrogen (secondary N) is 1. The number of hydrogen-bond acceptors (Lipinski definition) is 6. The van der Waals surface area contributed by atoms with Crippen molar-refractivity contribution in [2.75, 3.05) is 0 Å². The Morgan fingerprint density at radius 2 is 1.89 bits per heavy atom. The number of ether oxygens (including phenoxy) is 1. The van der Waals surface area contributed by atoms with Gasteiger partial charge in [0.15, 0.2) is 0 Å². The van der Waals surface area contributed by atoms with Crippen molar-refractivity contribution in [3.63, 3.8) is 0 Å². The van der Waals surface area contributed by atoms with E-state index < -0.39 is 28.1 Å².